The molecule has 6 nitrogen and oxygen atoms in total. The Kier molecular flexibility index (Phi) is 5.60. The molecule has 1 fully saturated rings. The Labute approximate surface area is 139 Å². The minimum absolute atomic E-state index is 0.279. The van der Waals surface area contributed by atoms with Crippen molar-refractivity contribution in [1.82, 2.24) is 5.32 Å². The summed E-state index contributed by atoms with van der Waals surface area (Å²) in [4.78, 5) is 34.7. The van der Waals surface area contributed by atoms with Crippen LogP contribution in [-0.4, -0.2) is 30.9 Å². The highest BCUT2D eigenvalue weighted by Crippen LogP contribution is 2.42. The fourth-order valence-corrected chi connectivity index (χ4v) is 2.99. The number of amides is 2. The fourth-order valence-electron chi connectivity index (χ4n) is 2.86. The highest BCUT2D eigenvalue weighted by Gasteiger charge is 2.44. The molecule has 0 aromatic heterocycles. The van der Waals surface area contributed by atoms with Crippen LogP contribution in [0.15, 0.2) is 24.3 Å². The lowest BCUT2D eigenvalue weighted by Gasteiger charge is -2.27. The quantitative estimate of drug-likeness (QED) is 0.764. The van der Waals surface area contributed by atoms with Gasteiger partial charge in [0.25, 0.3) is 5.91 Å². The number of primary amides is 1. The van der Waals surface area contributed by atoms with E-state index in [9.17, 15) is 14.4 Å². The highest BCUT2D eigenvalue weighted by atomic mass is 35.5. The van der Waals surface area contributed by atoms with E-state index in [2.05, 4.69) is 5.32 Å². The van der Waals surface area contributed by atoms with Crippen molar-refractivity contribution in [1.29, 1.82) is 0 Å². The summed E-state index contributed by atoms with van der Waals surface area (Å²) < 4.78 is 5.17. The van der Waals surface area contributed by atoms with E-state index in [1.807, 2.05) is 12.1 Å². The highest BCUT2D eigenvalue weighted by molar-refractivity contribution is 6.30. The molecule has 1 aromatic rings. The van der Waals surface area contributed by atoms with Gasteiger partial charge in [0.2, 0.25) is 5.91 Å². The van der Waals surface area contributed by atoms with Crippen LogP contribution in [0.1, 0.15) is 31.2 Å². The van der Waals surface area contributed by atoms with Crippen molar-refractivity contribution in [3.8, 4) is 0 Å². The predicted molar refractivity (Wildman–Crippen MR) is 84.8 cm³/mol. The van der Waals surface area contributed by atoms with Crippen molar-refractivity contribution in [2.75, 3.05) is 13.2 Å². The number of nitrogens with two attached hydrogens (primary N) is 1. The number of halogens is 1. The van der Waals surface area contributed by atoms with E-state index >= 15 is 0 Å². The zero-order valence-corrected chi connectivity index (χ0v) is 13.4. The maximum Gasteiger partial charge on any atom is 0.317 e. The van der Waals surface area contributed by atoms with Crippen LogP contribution >= 0.6 is 11.6 Å². The second kappa shape index (κ2) is 7.46. The molecule has 0 unspecified atom stereocenters. The average molecular weight is 339 g/mol. The average Bonchev–Trinajstić information content (AvgIpc) is 3.02. The number of rotatable bonds is 6. The number of esters is 1. The Morgan fingerprint density at radius 2 is 1.78 bits per heavy atom. The summed E-state index contributed by atoms with van der Waals surface area (Å²) in [5.74, 6) is -1.63. The molecule has 0 heterocycles. The molecule has 0 aliphatic heterocycles. The van der Waals surface area contributed by atoms with Gasteiger partial charge in [-0.05, 0) is 30.5 Å². The summed E-state index contributed by atoms with van der Waals surface area (Å²) >= 11 is 5.90. The third-order valence-corrected chi connectivity index (χ3v) is 4.29. The van der Waals surface area contributed by atoms with Crippen LogP contribution in [0.4, 0.5) is 0 Å². The summed E-state index contributed by atoms with van der Waals surface area (Å²) in [5, 5.41) is 2.88. The third-order valence-electron chi connectivity index (χ3n) is 4.04. The first-order valence-electron chi connectivity index (χ1n) is 7.42. The molecule has 1 aliphatic rings. The maximum absolute atomic E-state index is 12.6. The fraction of sp³-hybridized carbons (Fsp3) is 0.438. The SMILES string of the molecule is NC(=O)CNC(=O)COC(=O)C1(c2ccc(Cl)cc2)CCCC1. The molecular weight excluding hydrogens is 320 g/mol. The van der Waals surface area contributed by atoms with Gasteiger partial charge in [0.1, 0.15) is 0 Å². The molecule has 1 saturated carbocycles. The number of benzene rings is 1. The van der Waals surface area contributed by atoms with Gasteiger partial charge in [0.15, 0.2) is 6.61 Å². The van der Waals surface area contributed by atoms with Crippen molar-refractivity contribution < 1.29 is 19.1 Å². The molecule has 2 rings (SSSR count). The minimum atomic E-state index is -0.728. The smallest absolute Gasteiger partial charge is 0.317 e. The number of nitrogens with one attached hydrogen (secondary N) is 1. The van der Waals surface area contributed by atoms with Crippen LogP contribution in [0.2, 0.25) is 5.02 Å². The van der Waals surface area contributed by atoms with Gasteiger partial charge in [-0.25, -0.2) is 0 Å². The van der Waals surface area contributed by atoms with E-state index in [1.165, 1.54) is 0 Å². The van der Waals surface area contributed by atoms with E-state index in [0.29, 0.717) is 17.9 Å². The largest absolute Gasteiger partial charge is 0.455 e. The summed E-state index contributed by atoms with van der Waals surface area (Å²) in [6, 6.07) is 7.12. The summed E-state index contributed by atoms with van der Waals surface area (Å²) in [6.07, 6.45) is 3.20. The van der Waals surface area contributed by atoms with Gasteiger partial charge in [-0.2, -0.15) is 0 Å². The molecule has 0 atom stereocenters. The van der Waals surface area contributed by atoms with E-state index in [4.69, 9.17) is 22.1 Å². The van der Waals surface area contributed by atoms with Crippen LogP contribution in [0, 0.1) is 0 Å². The minimum Gasteiger partial charge on any atom is -0.455 e. The monoisotopic (exact) mass is 338 g/mol. The first-order chi connectivity index (χ1) is 10.9. The Morgan fingerprint density at radius 3 is 2.35 bits per heavy atom. The molecule has 0 radical (unpaired) electrons. The number of hydrogen-bond acceptors (Lipinski definition) is 4. The molecule has 0 spiro atoms. The molecule has 1 aliphatic carbocycles. The van der Waals surface area contributed by atoms with Crippen molar-refractivity contribution in [3.63, 3.8) is 0 Å². The zero-order valence-electron chi connectivity index (χ0n) is 12.6. The van der Waals surface area contributed by atoms with Crippen molar-refractivity contribution in [3.05, 3.63) is 34.9 Å². The van der Waals surface area contributed by atoms with Crippen molar-refractivity contribution in [2.24, 2.45) is 5.73 Å². The Morgan fingerprint density at radius 1 is 1.17 bits per heavy atom. The Balaban J connectivity index is 2.03. The van der Waals surface area contributed by atoms with Crippen molar-refractivity contribution >= 4 is 29.4 Å². The predicted octanol–water partition coefficient (Wildman–Crippen LogP) is 1.30. The van der Waals surface area contributed by atoms with Gasteiger partial charge in [0.05, 0.1) is 12.0 Å². The Bertz CT molecular complexity index is 595. The van der Waals surface area contributed by atoms with Gasteiger partial charge in [-0.3, -0.25) is 14.4 Å². The molecule has 124 valence electrons. The standard InChI is InChI=1S/C16H19ClN2O4/c17-12-5-3-11(4-6-12)16(7-1-2-8-16)15(22)23-10-14(21)19-9-13(18)20/h3-6H,1-2,7-10H2,(H2,18,20)(H,19,21). The summed E-state index contributed by atoms with van der Waals surface area (Å²) in [5.41, 5.74) is 5.05. The molecule has 0 saturated heterocycles. The lowest BCUT2D eigenvalue weighted by atomic mass is 9.79. The van der Waals surface area contributed by atoms with Gasteiger partial charge in [0, 0.05) is 5.02 Å². The van der Waals surface area contributed by atoms with Crippen LogP contribution in [-0.2, 0) is 24.5 Å². The maximum atomic E-state index is 12.6. The summed E-state index contributed by atoms with van der Waals surface area (Å²) in [6.45, 7) is -0.708. The first-order valence-corrected chi connectivity index (χ1v) is 7.80. The van der Waals surface area contributed by atoms with E-state index < -0.39 is 29.8 Å². The second-order valence-corrected chi connectivity index (χ2v) is 6.05. The van der Waals surface area contributed by atoms with Gasteiger partial charge in [-0.15, -0.1) is 0 Å². The number of carbonyl (C=O) groups excluding carboxylic acids is 3. The molecular formula is C16H19ClN2O4. The second-order valence-electron chi connectivity index (χ2n) is 5.62. The molecule has 2 amide bonds. The van der Waals surface area contributed by atoms with E-state index in [0.717, 1.165) is 18.4 Å². The molecule has 1 aromatic carbocycles. The van der Waals surface area contributed by atoms with Crippen LogP contribution in [0.25, 0.3) is 0 Å². The molecule has 0 bridgehead atoms. The number of hydrogen-bond donors (Lipinski definition) is 2. The number of carbonyl (C=O) groups is 3. The Hall–Kier alpha value is -2.08. The van der Waals surface area contributed by atoms with Gasteiger partial charge < -0.3 is 15.8 Å². The van der Waals surface area contributed by atoms with Crippen molar-refractivity contribution in [2.45, 2.75) is 31.1 Å². The molecule has 23 heavy (non-hydrogen) atoms. The molecule has 3 N–H and O–H groups in total. The van der Waals surface area contributed by atoms with Crippen LogP contribution < -0.4 is 11.1 Å². The topological polar surface area (TPSA) is 98.5 Å². The third kappa shape index (κ3) is 4.22. The first kappa shape index (κ1) is 17.3. The summed E-state index contributed by atoms with van der Waals surface area (Å²) in [7, 11) is 0. The van der Waals surface area contributed by atoms with Crippen LogP contribution in [0.3, 0.4) is 0 Å². The lowest BCUT2D eigenvalue weighted by molar-refractivity contribution is -0.154. The zero-order chi connectivity index (χ0) is 16.9. The van der Waals surface area contributed by atoms with E-state index in [1.54, 1.807) is 12.1 Å². The lowest BCUT2D eigenvalue weighted by Crippen LogP contribution is -2.39. The van der Waals surface area contributed by atoms with E-state index in [-0.39, 0.29) is 6.54 Å². The van der Waals surface area contributed by atoms with Gasteiger partial charge in [-0.1, -0.05) is 36.6 Å². The molecule has 7 heteroatoms. The van der Waals surface area contributed by atoms with Gasteiger partial charge >= 0.3 is 5.97 Å². The normalized spacial score (nSPS) is 15.9. The number of ether oxygens (including phenoxy) is 1. The van der Waals surface area contributed by atoms with Crippen LogP contribution in [0.5, 0.6) is 0 Å².